The van der Waals surface area contributed by atoms with Crippen LogP contribution in [0.25, 0.3) is 0 Å². The molecule has 1 fully saturated rings. The summed E-state index contributed by atoms with van der Waals surface area (Å²) >= 11 is 0. The first-order valence-electron chi connectivity index (χ1n) is 14.8. The van der Waals surface area contributed by atoms with E-state index in [1.54, 1.807) is 6.92 Å². The first-order chi connectivity index (χ1) is 17.4. The zero-order chi connectivity index (χ0) is 26.2. The first-order valence-corrected chi connectivity index (χ1v) is 14.8. The van der Waals surface area contributed by atoms with Crippen LogP contribution in [0.15, 0.2) is 42.5 Å². The zero-order valence-electron chi connectivity index (χ0n) is 23.0. The van der Waals surface area contributed by atoms with Gasteiger partial charge in [0, 0.05) is 0 Å². The molecule has 4 atom stereocenters. The number of unbranched alkanes of at least 4 members (excludes halogenated alkanes) is 6. The summed E-state index contributed by atoms with van der Waals surface area (Å²) in [5, 5.41) is 20.8. The molecule has 1 aromatic carbocycles. The van der Waals surface area contributed by atoms with Gasteiger partial charge in [-0.1, -0.05) is 94.4 Å². The Hall–Kier alpha value is -1.65. The van der Waals surface area contributed by atoms with Crippen molar-refractivity contribution in [3.05, 3.63) is 48.0 Å². The zero-order valence-corrected chi connectivity index (χ0v) is 23.0. The molecule has 204 valence electrons. The van der Waals surface area contributed by atoms with Gasteiger partial charge in [-0.25, -0.2) is 0 Å². The lowest BCUT2D eigenvalue weighted by atomic mass is 9.64. The second-order valence-corrected chi connectivity index (χ2v) is 11.3. The fraction of sp³-hybridized carbons (Fsp3) is 0.719. The molecule has 4 nitrogen and oxygen atoms in total. The van der Waals surface area contributed by atoms with E-state index in [0.29, 0.717) is 6.54 Å². The van der Waals surface area contributed by atoms with E-state index < -0.39 is 18.0 Å². The average molecular weight is 500 g/mol. The number of benzene rings is 1. The van der Waals surface area contributed by atoms with Gasteiger partial charge in [-0.3, -0.25) is 4.79 Å². The van der Waals surface area contributed by atoms with Crippen molar-refractivity contribution in [3.8, 4) is 0 Å². The van der Waals surface area contributed by atoms with Crippen molar-refractivity contribution in [1.29, 1.82) is 0 Å². The third-order valence-corrected chi connectivity index (χ3v) is 8.57. The van der Waals surface area contributed by atoms with Crippen LogP contribution in [0.1, 0.15) is 116 Å². The van der Waals surface area contributed by atoms with E-state index in [9.17, 15) is 15.0 Å². The Morgan fingerprint density at radius 2 is 1.64 bits per heavy atom. The highest BCUT2D eigenvalue weighted by molar-refractivity contribution is 5.71. The SMILES string of the molecule is CCCCCCC=CCCCC[C@H](CCN)[C@H](CC1(c2ccccc2)CCCC1)[C@H](C(=O)O)[C@H](C)O. The maximum atomic E-state index is 12.4. The summed E-state index contributed by atoms with van der Waals surface area (Å²) in [6, 6.07) is 10.7. The van der Waals surface area contributed by atoms with Gasteiger partial charge in [0.1, 0.15) is 0 Å². The van der Waals surface area contributed by atoms with Crippen molar-refractivity contribution in [1.82, 2.24) is 0 Å². The minimum Gasteiger partial charge on any atom is -0.481 e. The van der Waals surface area contributed by atoms with Gasteiger partial charge in [-0.15, -0.1) is 0 Å². The fourth-order valence-corrected chi connectivity index (χ4v) is 6.62. The molecular formula is C32H53NO3. The van der Waals surface area contributed by atoms with Crippen molar-refractivity contribution in [2.24, 2.45) is 23.5 Å². The maximum absolute atomic E-state index is 12.4. The second-order valence-electron chi connectivity index (χ2n) is 11.3. The van der Waals surface area contributed by atoms with Crippen molar-refractivity contribution in [3.63, 3.8) is 0 Å². The fourth-order valence-electron chi connectivity index (χ4n) is 6.62. The molecule has 0 bridgehead atoms. The van der Waals surface area contributed by atoms with Crippen LogP contribution in [-0.4, -0.2) is 28.8 Å². The lowest BCUT2D eigenvalue weighted by Gasteiger charge is -2.40. The number of hydrogen-bond donors (Lipinski definition) is 3. The number of carboxylic acid groups (broad SMARTS) is 1. The predicted octanol–water partition coefficient (Wildman–Crippen LogP) is 7.64. The molecule has 1 aliphatic rings. The Balaban J connectivity index is 2.11. The number of aliphatic hydroxyl groups excluding tert-OH is 1. The molecule has 0 aromatic heterocycles. The Bertz CT molecular complexity index is 739. The molecule has 36 heavy (non-hydrogen) atoms. The Kier molecular flexibility index (Phi) is 14.4. The summed E-state index contributed by atoms with van der Waals surface area (Å²) in [5.74, 6) is -1.50. The van der Waals surface area contributed by atoms with Gasteiger partial charge in [0.15, 0.2) is 0 Å². The highest BCUT2D eigenvalue weighted by Gasteiger charge is 2.44. The molecule has 4 N–H and O–H groups in total. The van der Waals surface area contributed by atoms with Crippen LogP contribution in [0.3, 0.4) is 0 Å². The van der Waals surface area contributed by atoms with Crippen LogP contribution < -0.4 is 5.73 Å². The molecule has 0 saturated heterocycles. The van der Waals surface area contributed by atoms with Gasteiger partial charge in [0.25, 0.3) is 0 Å². The highest BCUT2D eigenvalue weighted by Crippen LogP contribution is 2.49. The molecule has 2 rings (SSSR count). The minimum atomic E-state index is -0.877. The average Bonchev–Trinajstić information content (AvgIpc) is 3.34. The van der Waals surface area contributed by atoms with E-state index in [1.165, 1.54) is 50.5 Å². The number of nitrogens with two attached hydrogens (primary N) is 1. The molecule has 0 amide bonds. The first kappa shape index (κ1) is 30.6. The standard InChI is InChI=1S/C32H53NO3/c1-3-4-5-6-7-8-9-10-11-13-18-27(21-24-33)29(30(26(2)34)31(35)36)25-32(22-16-17-23-32)28-19-14-12-15-20-28/h8-9,12,14-15,19-20,26-27,29-30,34H,3-7,10-11,13,16-18,21-25,33H2,1-2H3,(H,35,36)/t26-,27+,29-,30+/m0/s1. The molecule has 0 aliphatic heterocycles. The van der Waals surface area contributed by atoms with Crippen LogP contribution in [-0.2, 0) is 10.2 Å². The smallest absolute Gasteiger partial charge is 0.309 e. The number of allylic oxidation sites excluding steroid dienone is 2. The van der Waals surface area contributed by atoms with Crippen LogP contribution >= 0.6 is 0 Å². The summed E-state index contributed by atoms with van der Waals surface area (Å²) in [7, 11) is 0. The number of hydrogen-bond acceptors (Lipinski definition) is 3. The molecule has 4 heteroatoms. The normalized spacial score (nSPS) is 18.8. The Labute approximate surface area is 220 Å². The second kappa shape index (κ2) is 17.0. The predicted molar refractivity (Wildman–Crippen MR) is 151 cm³/mol. The number of aliphatic hydroxyl groups is 1. The molecular weight excluding hydrogens is 446 g/mol. The molecule has 1 saturated carbocycles. The molecule has 0 heterocycles. The maximum Gasteiger partial charge on any atom is 0.309 e. The van der Waals surface area contributed by atoms with Crippen LogP contribution in [0.5, 0.6) is 0 Å². The highest BCUT2D eigenvalue weighted by atomic mass is 16.4. The third-order valence-electron chi connectivity index (χ3n) is 8.57. The number of carboxylic acids is 1. The summed E-state index contributed by atoms with van der Waals surface area (Å²) in [6.07, 6.45) is 20.6. The summed E-state index contributed by atoms with van der Waals surface area (Å²) in [4.78, 5) is 12.4. The van der Waals surface area contributed by atoms with E-state index in [4.69, 9.17) is 5.73 Å². The van der Waals surface area contributed by atoms with E-state index >= 15 is 0 Å². The van der Waals surface area contributed by atoms with Crippen molar-refractivity contribution < 1.29 is 15.0 Å². The monoisotopic (exact) mass is 499 g/mol. The van der Waals surface area contributed by atoms with Gasteiger partial charge in [0.2, 0.25) is 0 Å². The molecule has 0 radical (unpaired) electrons. The van der Waals surface area contributed by atoms with Gasteiger partial charge in [-0.05, 0) is 87.6 Å². The third kappa shape index (κ3) is 9.67. The Morgan fingerprint density at radius 1 is 1.00 bits per heavy atom. The molecule has 1 aliphatic carbocycles. The number of carbonyl (C=O) groups is 1. The van der Waals surface area contributed by atoms with E-state index in [-0.39, 0.29) is 17.3 Å². The molecule has 0 spiro atoms. The molecule has 1 aromatic rings. The quantitative estimate of drug-likeness (QED) is 0.135. The number of rotatable bonds is 19. The van der Waals surface area contributed by atoms with Crippen LogP contribution in [0, 0.1) is 17.8 Å². The Morgan fingerprint density at radius 3 is 2.19 bits per heavy atom. The van der Waals surface area contributed by atoms with Gasteiger partial charge >= 0.3 is 5.97 Å². The van der Waals surface area contributed by atoms with Gasteiger partial charge < -0.3 is 15.9 Å². The van der Waals surface area contributed by atoms with Crippen LogP contribution in [0.4, 0.5) is 0 Å². The van der Waals surface area contributed by atoms with E-state index in [0.717, 1.165) is 51.4 Å². The van der Waals surface area contributed by atoms with Crippen molar-refractivity contribution in [2.45, 2.75) is 122 Å². The largest absolute Gasteiger partial charge is 0.481 e. The lowest BCUT2D eigenvalue weighted by molar-refractivity contribution is -0.150. The summed E-state index contributed by atoms with van der Waals surface area (Å²) in [6.45, 7) is 4.46. The van der Waals surface area contributed by atoms with E-state index in [1.807, 2.05) is 0 Å². The summed E-state index contributed by atoms with van der Waals surface area (Å²) in [5.41, 5.74) is 7.40. The van der Waals surface area contributed by atoms with E-state index in [2.05, 4.69) is 49.4 Å². The van der Waals surface area contributed by atoms with Gasteiger partial charge in [-0.2, -0.15) is 0 Å². The molecule has 0 unspecified atom stereocenters. The van der Waals surface area contributed by atoms with Crippen molar-refractivity contribution >= 4 is 5.97 Å². The summed E-state index contributed by atoms with van der Waals surface area (Å²) < 4.78 is 0. The topological polar surface area (TPSA) is 83.6 Å². The van der Waals surface area contributed by atoms with Crippen molar-refractivity contribution in [2.75, 3.05) is 6.54 Å². The van der Waals surface area contributed by atoms with Crippen LogP contribution in [0.2, 0.25) is 0 Å². The minimum absolute atomic E-state index is 0.00186. The van der Waals surface area contributed by atoms with Gasteiger partial charge in [0.05, 0.1) is 12.0 Å². The lowest BCUT2D eigenvalue weighted by Crippen LogP contribution is -2.41. The number of aliphatic carboxylic acids is 1.